The molecule has 3 rings (SSSR count). The second kappa shape index (κ2) is 5.18. The predicted octanol–water partition coefficient (Wildman–Crippen LogP) is 2.36. The van der Waals surface area contributed by atoms with Crippen LogP contribution in [0.15, 0.2) is 48.7 Å². The topological polar surface area (TPSA) is 62.5 Å². The first-order valence-corrected chi connectivity index (χ1v) is 6.89. The van der Waals surface area contributed by atoms with Gasteiger partial charge in [-0.2, -0.15) is 4.98 Å². The summed E-state index contributed by atoms with van der Waals surface area (Å²) in [5.74, 6) is 0.504. The Morgan fingerprint density at radius 3 is 2.62 bits per heavy atom. The number of aryl methyl sites for hydroxylation is 1. The molecule has 0 fully saturated rings. The summed E-state index contributed by atoms with van der Waals surface area (Å²) in [7, 11) is 0. The number of nitrogens with one attached hydrogen (secondary N) is 1. The first-order valence-electron chi connectivity index (χ1n) is 6.89. The Bertz CT molecular complexity index is 753. The molecule has 5 nitrogen and oxygen atoms in total. The van der Waals surface area contributed by atoms with Crippen molar-refractivity contribution in [3.8, 4) is 0 Å². The lowest BCUT2D eigenvalue weighted by Crippen LogP contribution is -2.36. The van der Waals surface area contributed by atoms with Crippen molar-refractivity contribution in [1.29, 1.82) is 0 Å². The van der Waals surface area contributed by atoms with Crippen LogP contribution in [0.3, 0.4) is 0 Å². The second-order valence-electron chi connectivity index (χ2n) is 5.38. The maximum absolute atomic E-state index is 9.80. The number of anilines is 1. The summed E-state index contributed by atoms with van der Waals surface area (Å²) < 4.78 is 1.74. The fourth-order valence-electron chi connectivity index (χ4n) is 2.35. The molecular weight excluding hydrogens is 264 g/mol. The van der Waals surface area contributed by atoms with Gasteiger partial charge in [-0.25, -0.2) is 4.52 Å². The van der Waals surface area contributed by atoms with Gasteiger partial charge in [-0.1, -0.05) is 36.4 Å². The van der Waals surface area contributed by atoms with Gasteiger partial charge < -0.3 is 10.4 Å². The number of aliphatic hydroxyl groups is 1. The number of nitrogens with zero attached hydrogens (tertiary/aromatic N) is 3. The fourth-order valence-corrected chi connectivity index (χ4v) is 2.35. The number of fused-ring (bicyclic) bond motifs is 1. The molecule has 0 radical (unpaired) electrons. The second-order valence-corrected chi connectivity index (χ2v) is 5.38. The molecule has 0 aliphatic carbocycles. The average molecular weight is 282 g/mol. The van der Waals surface area contributed by atoms with E-state index in [-0.39, 0.29) is 6.61 Å². The molecule has 0 aliphatic rings. The van der Waals surface area contributed by atoms with Crippen LogP contribution in [0.2, 0.25) is 0 Å². The average Bonchev–Trinajstić information content (AvgIpc) is 2.92. The maximum atomic E-state index is 9.80. The van der Waals surface area contributed by atoms with Crippen LogP contribution in [0.25, 0.3) is 5.65 Å². The highest BCUT2D eigenvalue weighted by molar-refractivity contribution is 5.51. The summed E-state index contributed by atoms with van der Waals surface area (Å²) in [6.45, 7) is 3.88. The van der Waals surface area contributed by atoms with Gasteiger partial charge in [0.1, 0.15) is 0 Å². The number of aliphatic hydroxyl groups excluding tert-OH is 1. The lowest BCUT2D eigenvalue weighted by Gasteiger charge is -2.28. The molecular formula is C16H18N4O. The molecule has 0 amide bonds. The molecule has 3 aromatic rings. The third-order valence-corrected chi connectivity index (χ3v) is 3.67. The first kappa shape index (κ1) is 13.6. The highest BCUT2D eigenvalue weighted by Crippen LogP contribution is 2.24. The van der Waals surface area contributed by atoms with Crippen LogP contribution in [-0.2, 0) is 5.54 Å². The summed E-state index contributed by atoms with van der Waals surface area (Å²) >= 11 is 0. The molecule has 2 aromatic heterocycles. The summed E-state index contributed by atoms with van der Waals surface area (Å²) in [6, 6.07) is 13.7. The fraction of sp³-hybridized carbons (Fsp3) is 0.250. The van der Waals surface area contributed by atoms with E-state index in [4.69, 9.17) is 0 Å². The molecule has 0 saturated heterocycles. The van der Waals surface area contributed by atoms with E-state index in [2.05, 4.69) is 15.4 Å². The van der Waals surface area contributed by atoms with Crippen LogP contribution in [0, 0.1) is 6.92 Å². The van der Waals surface area contributed by atoms with Crippen molar-refractivity contribution in [2.45, 2.75) is 19.4 Å². The van der Waals surface area contributed by atoms with Crippen molar-refractivity contribution in [1.82, 2.24) is 14.6 Å². The highest BCUT2D eigenvalue weighted by Gasteiger charge is 2.27. The Morgan fingerprint density at radius 2 is 1.95 bits per heavy atom. The van der Waals surface area contributed by atoms with Gasteiger partial charge in [0, 0.05) is 6.20 Å². The quantitative estimate of drug-likeness (QED) is 0.771. The van der Waals surface area contributed by atoms with Gasteiger partial charge in [0.2, 0.25) is 5.95 Å². The Balaban J connectivity index is 1.98. The van der Waals surface area contributed by atoms with Crippen molar-refractivity contribution in [2.24, 2.45) is 0 Å². The van der Waals surface area contributed by atoms with Gasteiger partial charge in [-0.05, 0) is 31.0 Å². The standard InChI is InChI=1S/C16H18N4O/c1-12-7-6-10-20-14(12)17-15(19-20)18-16(2,11-21)13-8-4-3-5-9-13/h3-10,21H,11H2,1-2H3,(H,18,19). The van der Waals surface area contributed by atoms with Crippen LogP contribution < -0.4 is 5.32 Å². The molecule has 0 aliphatic heterocycles. The molecule has 2 N–H and O–H groups in total. The number of rotatable bonds is 4. The third-order valence-electron chi connectivity index (χ3n) is 3.67. The third kappa shape index (κ3) is 2.48. The molecule has 1 unspecified atom stereocenters. The number of hydrogen-bond donors (Lipinski definition) is 2. The largest absolute Gasteiger partial charge is 0.394 e. The minimum Gasteiger partial charge on any atom is -0.394 e. The maximum Gasteiger partial charge on any atom is 0.243 e. The van der Waals surface area contributed by atoms with Gasteiger partial charge in [0.05, 0.1) is 12.1 Å². The lowest BCUT2D eigenvalue weighted by atomic mass is 9.93. The monoisotopic (exact) mass is 282 g/mol. The summed E-state index contributed by atoms with van der Waals surface area (Å²) in [6.07, 6.45) is 1.86. The van der Waals surface area contributed by atoms with E-state index in [9.17, 15) is 5.11 Å². The van der Waals surface area contributed by atoms with Crippen molar-refractivity contribution < 1.29 is 5.11 Å². The molecule has 0 bridgehead atoms. The molecule has 21 heavy (non-hydrogen) atoms. The molecule has 0 saturated carbocycles. The van der Waals surface area contributed by atoms with E-state index in [0.29, 0.717) is 5.95 Å². The van der Waals surface area contributed by atoms with Gasteiger partial charge in [-0.3, -0.25) is 0 Å². The van der Waals surface area contributed by atoms with Crippen molar-refractivity contribution in [3.05, 3.63) is 59.8 Å². The smallest absolute Gasteiger partial charge is 0.243 e. The number of benzene rings is 1. The van der Waals surface area contributed by atoms with E-state index in [1.165, 1.54) is 0 Å². The normalized spacial score (nSPS) is 14.0. The predicted molar refractivity (Wildman–Crippen MR) is 82.2 cm³/mol. The Hall–Kier alpha value is -2.40. The van der Waals surface area contributed by atoms with E-state index in [1.54, 1.807) is 4.52 Å². The van der Waals surface area contributed by atoms with Gasteiger partial charge in [0.15, 0.2) is 5.65 Å². The molecule has 108 valence electrons. The van der Waals surface area contributed by atoms with Crippen LogP contribution in [0.1, 0.15) is 18.1 Å². The summed E-state index contributed by atoms with van der Waals surface area (Å²) in [5, 5.41) is 17.5. The Labute approximate surface area is 123 Å². The summed E-state index contributed by atoms with van der Waals surface area (Å²) in [4.78, 5) is 4.50. The van der Waals surface area contributed by atoms with E-state index in [0.717, 1.165) is 16.8 Å². The van der Waals surface area contributed by atoms with E-state index < -0.39 is 5.54 Å². The van der Waals surface area contributed by atoms with Crippen molar-refractivity contribution >= 4 is 11.6 Å². The first-order chi connectivity index (χ1) is 10.1. The van der Waals surface area contributed by atoms with Crippen LogP contribution in [0.5, 0.6) is 0 Å². The number of hydrogen-bond acceptors (Lipinski definition) is 4. The van der Waals surface area contributed by atoms with Gasteiger partial charge >= 0.3 is 0 Å². The molecule has 0 spiro atoms. The van der Waals surface area contributed by atoms with Crippen LogP contribution in [-0.4, -0.2) is 26.3 Å². The Kier molecular flexibility index (Phi) is 3.35. The highest BCUT2D eigenvalue weighted by atomic mass is 16.3. The molecule has 5 heteroatoms. The number of aromatic nitrogens is 3. The van der Waals surface area contributed by atoms with Crippen LogP contribution >= 0.6 is 0 Å². The molecule has 1 atom stereocenters. The van der Waals surface area contributed by atoms with E-state index in [1.807, 2.05) is 62.5 Å². The minimum atomic E-state index is -0.625. The zero-order valence-electron chi connectivity index (χ0n) is 12.1. The number of pyridine rings is 1. The van der Waals surface area contributed by atoms with Gasteiger partial charge in [-0.15, -0.1) is 5.10 Å². The molecule has 1 aromatic carbocycles. The Morgan fingerprint density at radius 1 is 1.19 bits per heavy atom. The SMILES string of the molecule is Cc1cccn2nc(NC(C)(CO)c3ccccc3)nc12. The van der Waals surface area contributed by atoms with Crippen molar-refractivity contribution in [2.75, 3.05) is 11.9 Å². The minimum absolute atomic E-state index is 0.0501. The zero-order valence-corrected chi connectivity index (χ0v) is 12.1. The lowest BCUT2D eigenvalue weighted by molar-refractivity contribution is 0.223. The zero-order chi connectivity index (χ0) is 14.9. The van der Waals surface area contributed by atoms with Crippen LogP contribution in [0.4, 0.5) is 5.95 Å². The van der Waals surface area contributed by atoms with E-state index >= 15 is 0 Å². The van der Waals surface area contributed by atoms with Crippen molar-refractivity contribution in [3.63, 3.8) is 0 Å². The molecule has 2 heterocycles. The summed E-state index contributed by atoms with van der Waals surface area (Å²) in [5.41, 5.74) is 2.24. The van der Waals surface area contributed by atoms with Gasteiger partial charge in [0.25, 0.3) is 0 Å².